The van der Waals surface area contributed by atoms with Crippen molar-refractivity contribution in [3.63, 3.8) is 0 Å². The van der Waals surface area contributed by atoms with E-state index in [1.54, 1.807) is 17.0 Å². The standard InChI is InChI=1S/C19H27NO2Si/c1-5-23(6-2,7-3)18-14-11-15-20(16(18)4)19(21)22-17-12-9-8-10-13-17/h8-16H,5-7H2,1-4H3. The summed E-state index contributed by atoms with van der Waals surface area (Å²) in [6.45, 7) is 8.98. The molecular weight excluding hydrogens is 302 g/mol. The summed E-state index contributed by atoms with van der Waals surface area (Å²) in [6.07, 6.45) is 5.75. The molecule has 1 aliphatic heterocycles. The molecule has 4 heteroatoms. The smallest absolute Gasteiger partial charge is 0.410 e. The lowest BCUT2D eigenvalue weighted by Crippen LogP contribution is -2.48. The van der Waals surface area contributed by atoms with Crippen LogP contribution in [0.25, 0.3) is 0 Å². The number of hydrogen-bond donors (Lipinski definition) is 0. The fraction of sp³-hybridized carbons (Fsp3) is 0.421. The van der Waals surface area contributed by atoms with E-state index in [2.05, 4.69) is 33.8 Å². The average Bonchev–Trinajstić information content (AvgIpc) is 2.59. The first kappa shape index (κ1) is 17.5. The summed E-state index contributed by atoms with van der Waals surface area (Å²) in [5.74, 6) is 0.583. The minimum absolute atomic E-state index is 0.0720. The number of ether oxygens (including phenoxy) is 1. The van der Waals surface area contributed by atoms with Crippen molar-refractivity contribution in [2.75, 3.05) is 0 Å². The minimum atomic E-state index is -1.50. The number of para-hydroxylation sites is 1. The van der Waals surface area contributed by atoms with E-state index in [1.807, 2.05) is 30.5 Å². The monoisotopic (exact) mass is 329 g/mol. The third-order valence-corrected chi connectivity index (χ3v) is 11.1. The summed E-state index contributed by atoms with van der Waals surface area (Å²) in [6, 6.07) is 13.0. The Hall–Kier alpha value is -1.81. The van der Waals surface area contributed by atoms with Gasteiger partial charge in [-0.3, -0.25) is 4.90 Å². The molecule has 1 heterocycles. The van der Waals surface area contributed by atoms with Crippen LogP contribution in [0.3, 0.4) is 0 Å². The Labute approximate surface area is 140 Å². The van der Waals surface area contributed by atoms with Crippen LogP contribution >= 0.6 is 0 Å². The average molecular weight is 330 g/mol. The van der Waals surface area contributed by atoms with Crippen molar-refractivity contribution in [1.29, 1.82) is 0 Å². The Bertz CT molecular complexity index is 582. The van der Waals surface area contributed by atoms with E-state index in [9.17, 15) is 4.79 Å². The molecule has 0 N–H and O–H groups in total. The van der Waals surface area contributed by atoms with Crippen molar-refractivity contribution in [2.24, 2.45) is 0 Å². The summed E-state index contributed by atoms with van der Waals surface area (Å²) in [7, 11) is -1.50. The summed E-state index contributed by atoms with van der Waals surface area (Å²) >= 11 is 0. The molecule has 1 aromatic rings. The van der Waals surface area contributed by atoms with Crippen LogP contribution in [-0.2, 0) is 0 Å². The first-order valence-electron chi connectivity index (χ1n) is 8.52. The normalized spacial score (nSPS) is 17.8. The van der Waals surface area contributed by atoms with Gasteiger partial charge in [0.1, 0.15) is 5.75 Å². The maximum atomic E-state index is 12.6. The minimum Gasteiger partial charge on any atom is -0.410 e. The molecular formula is C19H27NO2Si. The van der Waals surface area contributed by atoms with E-state index in [-0.39, 0.29) is 12.1 Å². The number of allylic oxidation sites excluding steroid dienone is 2. The molecule has 0 aliphatic carbocycles. The molecule has 0 bridgehead atoms. The second-order valence-corrected chi connectivity index (χ2v) is 11.3. The van der Waals surface area contributed by atoms with E-state index >= 15 is 0 Å². The van der Waals surface area contributed by atoms with E-state index in [0.29, 0.717) is 5.75 Å². The first-order valence-corrected chi connectivity index (χ1v) is 11.1. The number of carbonyl (C=O) groups excluding carboxylic acids is 1. The fourth-order valence-corrected chi connectivity index (χ4v) is 7.70. The second kappa shape index (κ2) is 7.64. The quantitative estimate of drug-likeness (QED) is 0.679. The number of rotatable bonds is 5. The summed E-state index contributed by atoms with van der Waals surface area (Å²) in [4.78, 5) is 14.3. The highest BCUT2D eigenvalue weighted by molar-refractivity contribution is 6.86. The Morgan fingerprint density at radius 1 is 1.13 bits per heavy atom. The number of carbonyl (C=O) groups is 1. The third-order valence-electron chi connectivity index (χ3n) is 5.19. The molecule has 124 valence electrons. The van der Waals surface area contributed by atoms with Crippen LogP contribution in [0.1, 0.15) is 27.7 Å². The third kappa shape index (κ3) is 3.58. The van der Waals surface area contributed by atoms with Crippen LogP contribution in [0.4, 0.5) is 4.79 Å². The molecule has 1 amide bonds. The van der Waals surface area contributed by atoms with Crippen LogP contribution in [0.15, 0.2) is 53.9 Å². The maximum Gasteiger partial charge on any atom is 0.419 e. The van der Waals surface area contributed by atoms with Crippen LogP contribution in [0.5, 0.6) is 5.75 Å². The molecule has 0 aromatic heterocycles. The summed E-state index contributed by atoms with van der Waals surface area (Å²) in [5, 5.41) is 1.46. The lowest BCUT2D eigenvalue weighted by atomic mass is 10.2. The van der Waals surface area contributed by atoms with Gasteiger partial charge in [-0.15, -0.1) is 0 Å². The molecule has 1 aliphatic rings. The predicted octanol–water partition coefficient (Wildman–Crippen LogP) is 5.38. The van der Waals surface area contributed by atoms with E-state index in [4.69, 9.17) is 4.74 Å². The van der Waals surface area contributed by atoms with Crippen molar-refractivity contribution in [3.8, 4) is 5.75 Å². The Kier molecular flexibility index (Phi) is 5.83. The van der Waals surface area contributed by atoms with Gasteiger partial charge in [-0.05, 0) is 25.1 Å². The first-order chi connectivity index (χ1) is 11.1. The predicted molar refractivity (Wildman–Crippen MR) is 98.2 cm³/mol. The molecule has 0 saturated heterocycles. The number of amides is 1. The van der Waals surface area contributed by atoms with Crippen molar-refractivity contribution in [3.05, 3.63) is 53.9 Å². The molecule has 1 atom stereocenters. The van der Waals surface area contributed by atoms with Gasteiger partial charge in [0.25, 0.3) is 0 Å². The van der Waals surface area contributed by atoms with Gasteiger partial charge < -0.3 is 4.74 Å². The summed E-state index contributed by atoms with van der Waals surface area (Å²) in [5.41, 5.74) is 0. The zero-order valence-electron chi connectivity index (χ0n) is 14.6. The van der Waals surface area contributed by atoms with Crippen molar-refractivity contribution < 1.29 is 9.53 Å². The lowest BCUT2D eigenvalue weighted by Gasteiger charge is -2.39. The SMILES string of the molecule is CC[Si](CC)(CC)C1=CC=CN(C(=O)Oc2ccccc2)C1C. The molecule has 0 radical (unpaired) electrons. The zero-order chi connectivity index (χ0) is 16.9. The zero-order valence-corrected chi connectivity index (χ0v) is 15.6. The van der Waals surface area contributed by atoms with Gasteiger partial charge in [0.15, 0.2) is 0 Å². The second-order valence-electron chi connectivity index (χ2n) is 6.07. The Balaban J connectivity index is 2.19. The van der Waals surface area contributed by atoms with Gasteiger partial charge in [-0.25, -0.2) is 4.79 Å². The summed E-state index contributed by atoms with van der Waals surface area (Å²) < 4.78 is 5.51. The van der Waals surface area contributed by atoms with Crippen molar-refractivity contribution >= 4 is 14.2 Å². The molecule has 2 rings (SSSR count). The molecule has 1 aromatic carbocycles. The van der Waals surface area contributed by atoms with E-state index in [0.717, 1.165) is 0 Å². The van der Waals surface area contributed by atoms with Gasteiger partial charge in [-0.2, -0.15) is 0 Å². The lowest BCUT2D eigenvalue weighted by molar-refractivity contribution is 0.162. The molecule has 0 saturated carbocycles. The van der Waals surface area contributed by atoms with Crippen molar-refractivity contribution in [2.45, 2.75) is 51.9 Å². The topological polar surface area (TPSA) is 29.5 Å². The van der Waals surface area contributed by atoms with Gasteiger partial charge in [0.05, 0.1) is 14.1 Å². The van der Waals surface area contributed by atoms with Crippen LogP contribution < -0.4 is 4.74 Å². The molecule has 0 spiro atoms. The highest BCUT2D eigenvalue weighted by atomic mass is 28.3. The highest BCUT2D eigenvalue weighted by Gasteiger charge is 2.38. The number of hydrogen-bond acceptors (Lipinski definition) is 2. The van der Waals surface area contributed by atoms with E-state index in [1.165, 1.54) is 23.3 Å². The molecule has 23 heavy (non-hydrogen) atoms. The molecule has 0 fully saturated rings. The number of benzene rings is 1. The maximum absolute atomic E-state index is 12.6. The molecule has 1 unspecified atom stereocenters. The molecule has 3 nitrogen and oxygen atoms in total. The number of nitrogens with zero attached hydrogens (tertiary/aromatic N) is 1. The van der Waals surface area contributed by atoms with Crippen molar-refractivity contribution in [1.82, 2.24) is 4.90 Å². The van der Waals surface area contributed by atoms with Crippen LogP contribution in [0, 0.1) is 0 Å². The fourth-order valence-electron chi connectivity index (χ4n) is 3.50. The van der Waals surface area contributed by atoms with Crippen LogP contribution in [-0.4, -0.2) is 25.1 Å². The van der Waals surface area contributed by atoms with Crippen LogP contribution in [0.2, 0.25) is 18.1 Å². The van der Waals surface area contributed by atoms with Gasteiger partial charge in [-0.1, -0.05) is 68.4 Å². The highest BCUT2D eigenvalue weighted by Crippen LogP contribution is 2.34. The Morgan fingerprint density at radius 2 is 1.74 bits per heavy atom. The largest absolute Gasteiger partial charge is 0.419 e. The Morgan fingerprint density at radius 3 is 2.30 bits per heavy atom. The van der Waals surface area contributed by atoms with E-state index < -0.39 is 8.07 Å². The van der Waals surface area contributed by atoms with Gasteiger partial charge >= 0.3 is 6.09 Å². The van der Waals surface area contributed by atoms with Gasteiger partial charge in [0.2, 0.25) is 0 Å². The van der Waals surface area contributed by atoms with Gasteiger partial charge in [0, 0.05) is 6.20 Å².